The zero-order valence-electron chi connectivity index (χ0n) is 16.8. The molecular weight excluding hydrogens is 394 g/mol. The molecule has 3 aromatic carbocycles. The first-order valence-electron chi connectivity index (χ1n) is 10.1. The number of imidazole rings is 1. The number of aryl methyl sites for hydroxylation is 1. The van der Waals surface area contributed by atoms with Gasteiger partial charge in [0.1, 0.15) is 5.82 Å². The van der Waals surface area contributed by atoms with Crippen molar-refractivity contribution in [1.82, 2.24) is 9.55 Å². The van der Waals surface area contributed by atoms with E-state index in [-0.39, 0.29) is 11.8 Å². The normalized spacial score (nSPS) is 16.5. The number of amides is 1. The summed E-state index contributed by atoms with van der Waals surface area (Å²) in [4.78, 5) is 19.6. The van der Waals surface area contributed by atoms with Crippen LogP contribution in [0.15, 0.2) is 72.8 Å². The number of anilines is 1. The smallest absolute Gasteiger partial charge is 0.227 e. The maximum Gasteiger partial charge on any atom is 0.227 e. The molecule has 1 aliphatic rings. The van der Waals surface area contributed by atoms with Crippen molar-refractivity contribution in [3.05, 3.63) is 94.8 Å². The van der Waals surface area contributed by atoms with Gasteiger partial charge in [-0.05, 0) is 42.8 Å². The summed E-state index contributed by atoms with van der Waals surface area (Å²) in [5.74, 6) is 1.11. The third kappa shape index (κ3) is 3.48. The molecule has 4 nitrogen and oxygen atoms in total. The second-order valence-corrected chi connectivity index (χ2v) is 8.36. The summed E-state index contributed by atoms with van der Waals surface area (Å²) in [6, 6.07) is 24.2. The second-order valence-electron chi connectivity index (χ2n) is 7.92. The number of aromatic nitrogens is 2. The van der Waals surface area contributed by atoms with E-state index >= 15 is 0 Å². The third-order valence-electron chi connectivity index (χ3n) is 5.72. The molecule has 1 saturated heterocycles. The van der Waals surface area contributed by atoms with E-state index in [1.165, 1.54) is 11.1 Å². The molecule has 5 rings (SSSR count). The lowest BCUT2D eigenvalue weighted by atomic mass is 10.1. The van der Waals surface area contributed by atoms with E-state index in [1.54, 1.807) is 0 Å². The Balaban J connectivity index is 1.53. The van der Waals surface area contributed by atoms with Crippen LogP contribution in [0, 0.1) is 6.92 Å². The summed E-state index contributed by atoms with van der Waals surface area (Å²) in [6.07, 6.45) is 0.448. The Kier molecular flexibility index (Phi) is 4.80. The fourth-order valence-electron chi connectivity index (χ4n) is 4.34. The number of hydrogen-bond acceptors (Lipinski definition) is 2. The standard InChI is InChI=1S/C25H22ClN3O/c1-17-6-4-7-18(12-17)15-29-23-11-3-2-10-22(23)27-25(29)19-13-24(30)28(16-19)21-9-5-8-20(26)14-21/h2-12,14,19H,13,15-16H2,1H3/t19-/m0/s1. The quantitative estimate of drug-likeness (QED) is 0.437. The third-order valence-corrected chi connectivity index (χ3v) is 5.95. The maximum atomic E-state index is 12.8. The van der Waals surface area contributed by atoms with Crippen LogP contribution in [0.5, 0.6) is 0 Å². The summed E-state index contributed by atoms with van der Waals surface area (Å²) in [5, 5.41) is 0.635. The Morgan fingerprint density at radius 3 is 2.70 bits per heavy atom. The SMILES string of the molecule is Cc1cccc(Cn2c([C@H]3CC(=O)N(c4cccc(Cl)c4)C3)nc3ccccc32)c1. The Morgan fingerprint density at radius 1 is 1.03 bits per heavy atom. The molecule has 0 radical (unpaired) electrons. The largest absolute Gasteiger partial charge is 0.323 e. The molecule has 0 bridgehead atoms. The van der Waals surface area contributed by atoms with Crippen LogP contribution in [-0.2, 0) is 11.3 Å². The molecular formula is C25H22ClN3O. The number of hydrogen-bond donors (Lipinski definition) is 0. The van der Waals surface area contributed by atoms with Crippen LogP contribution < -0.4 is 4.90 Å². The molecule has 0 unspecified atom stereocenters. The molecule has 0 spiro atoms. The number of carbonyl (C=O) groups is 1. The van der Waals surface area contributed by atoms with Crippen molar-refractivity contribution in [1.29, 1.82) is 0 Å². The van der Waals surface area contributed by atoms with Crippen molar-refractivity contribution in [2.45, 2.75) is 25.8 Å². The predicted octanol–water partition coefficient (Wildman–Crippen LogP) is 5.57. The first kappa shape index (κ1) is 18.9. The molecule has 1 amide bonds. The van der Waals surface area contributed by atoms with Gasteiger partial charge in [0.2, 0.25) is 5.91 Å². The highest BCUT2D eigenvalue weighted by Crippen LogP contribution is 2.34. The average Bonchev–Trinajstić information content (AvgIpc) is 3.29. The van der Waals surface area contributed by atoms with E-state index in [0.29, 0.717) is 18.0 Å². The minimum absolute atomic E-state index is 0.0358. The number of nitrogens with zero attached hydrogens (tertiary/aromatic N) is 3. The van der Waals surface area contributed by atoms with E-state index in [4.69, 9.17) is 16.6 Å². The van der Waals surface area contributed by atoms with Crippen LogP contribution in [-0.4, -0.2) is 22.0 Å². The minimum Gasteiger partial charge on any atom is -0.323 e. The van der Waals surface area contributed by atoms with Gasteiger partial charge in [0, 0.05) is 36.1 Å². The first-order valence-corrected chi connectivity index (χ1v) is 10.5. The van der Waals surface area contributed by atoms with Crippen molar-refractivity contribution >= 4 is 34.2 Å². The molecule has 0 saturated carbocycles. The van der Waals surface area contributed by atoms with Gasteiger partial charge in [0.05, 0.1) is 11.0 Å². The lowest BCUT2D eigenvalue weighted by molar-refractivity contribution is -0.117. The summed E-state index contributed by atoms with van der Waals surface area (Å²) in [6.45, 7) is 3.45. The van der Waals surface area contributed by atoms with Gasteiger partial charge in [0.25, 0.3) is 0 Å². The Labute approximate surface area is 180 Å². The van der Waals surface area contributed by atoms with E-state index in [9.17, 15) is 4.79 Å². The Bertz CT molecular complexity index is 1250. The summed E-state index contributed by atoms with van der Waals surface area (Å²) in [5.41, 5.74) is 5.38. The van der Waals surface area contributed by atoms with Crippen LogP contribution in [0.25, 0.3) is 11.0 Å². The zero-order valence-corrected chi connectivity index (χ0v) is 17.5. The van der Waals surface area contributed by atoms with Crippen molar-refractivity contribution in [3.63, 3.8) is 0 Å². The highest BCUT2D eigenvalue weighted by molar-refractivity contribution is 6.30. The van der Waals surface area contributed by atoms with Gasteiger partial charge >= 0.3 is 0 Å². The number of para-hydroxylation sites is 2. The predicted molar refractivity (Wildman–Crippen MR) is 121 cm³/mol. The molecule has 150 valence electrons. The lowest BCUT2D eigenvalue weighted by Gasteiger charge is -2.18. The monoisotopic (exact) mass is 415 g/mol. The Morgan fingerprint density at radius 2 is 1.87 bits per heavy atom. The number of halogens is 1. The fourth-order valence-corrected chi connectivity index (χ4v) is 4.52. The lowest BCUT2D eigenvalue weighted by Crippen LogP contribution is -2.24. The van der Waals surface area contributed by atoms with Crippen LogP contribution in [0.3, 0.4) is 0 Å². The van der Waals surface area contributed by atoms with Gasteiger partial charge in [-0.15, -0.1) is 0 Å². The highest BCUT2D eigenvalue weighted by atomic mass is 35.5. The molecule has 5 heteroatoms. The van der Waals surface area contributed by atoms with Crippen LogP contribution in [0.2, 0.25) is 5.02 Å². The number of fused-ring (bicyclic) bond motifs is 1. The maximum absolute atomic E-state index is 12.8. The van der Waals surface area contributed by atoms with Gasteiger partial charge in [-0.3, -0.25) is 4.79 Å². The number of rotatable bonds is 4. The first-order chi connectivity index (χ1) is 14.6. The number of benzene rings is 3. The molecule has 1 aliphatic heterocycles. The molecule has 0 aliphatic carbocycles. The van der Waals surface area contributed by atoms with Gasteiger partial charge in [-0.25, -0.2) is 4.98 Å². The summed E-state index contributed by atoms with van der Waals surface area (Å²) >= 11 is 6.15. The van der Waals surface area contributed by atoms with Gasteiger partial charge in [-0.2, -0.15) is 0 Å². The molecule has 1 atom stereocenters. The van der Waals surface area contributed by atoms with Crippen LogP contribution in [0.4, 0.5) is 5.69 Å². The molecule has 1 aromatic heterocycles. The van der Waals surface area contributed by atoms with Crippen molar-refractivity contribution in [2.75, 3.05) is 11.4 Å². The topological polar surface area (TPSA) is 38.1 Å². The van der Waals surface area contributed by atoms with Gasteiger partial charge in [0.15, 0.2) is 0 Å². The fraction of sp³-hybridized carbons (Fsp3) is 0.200. The number of carbonyl (C=O) groups excluding carboxylic acids is 1. The average molecular weight is 416 g/mol. The summed E-state index contributed by atoms with van der Waals surface area (Å²) in [7, 11) is 0. The highest BCUT2D eigenvalue weighted by Gasteiger charge is 2.34. The van der Waals surface area contributed by atoms with Crippen molar-refractivity contribution < 1.29 is 4.79 Å². The van der Waals surface area contributed by atoms with E-state index < -0.39 is 0 Å². The van der Waals surface area contributed by atoms with Crippen molar-refractivity contribution in [3.8, 4) is 0 Å². The van der Waals surface area contributed by atoms with Crippen LogP contribution >= 0.6 is 11.6 Å². The van der Waals surface area contributed by atoms with E-state index in [0.717, 1.165) is 29.1 Å². The van der Waals surface area contributed by atoms with Crippen molar-refractivity contribution in [2.24, 2.45) is 0 Å². The second kappa shape index (κ2) is 7.62. The zero-order chi connectivity index (χ0) is 20.7. The molecule has 2 heterocycles. The summed E-state index contributed by atoms with van der Waals surface area (Å²) < 4.78 is 2.27. The van der Waals surface area contributed by atoms with E-state index in [1.807, 2.05) is 47.4 Å². The Hall–Kier alpha value is -3.11. The van der Waals surface area contributed by atoms with Gasteiger partial charge in [-0.1, -0.05) is 59.6 Å². The molecule has 4 aromatic rings. The van der Waals surface area contributed by atoms with Gasteiger partial charge < -0.3 is 9.47 Å². The molecule has 1 fully saturated rings. The van der Waals surface area contributed by atoms with Crippen LogP contribution in [0.1, 0.15) is 29.3 Å². The minimum atomic E-state index is 0.0358. The molecule has 30 heavy (non-hydrogen) atoms. The molecule has 0 N–H and O–H groups in total. The van der Waals surface area contributed by atoms with E-state index in [2.05, 4.69) is 41.8 Å².